The van der Waals surface area contributed by atoms with Crippen LogP contribution in [0.4, 0.5) is 5.69 Å². The Kier molecular flexibility index (Phi) is 6.19. The minimum Gasteiger partial charge on any atom is -0.396 e. The van der Waals surface area contributed by atoms with Crippen molar-refractivity contribution in [2.75, 3.05) is 11.9 Å². The fourth-order valence-electron chi connectivity index (χ4n) is 2.02. The third-order valence-corrected chi connectivity index (χ3v) is 5.12. The van der Waals surface area contributed by atoms with Gasteiger partial charge in [-0.15, -0.1) is 0 Å². The minimum absolute atomic E-state index is 0.113. The van der Waals surface area contributed by atoms with Crippen LogP contribution >= 0.6 is 0 Å². The van der Waals surface area contributed by atoms with Gasteiger partial charge in [-0.1, -0.05) is 6.92 Å². The van der Waals surface area contributed by atoms with Crippen molar-refractivity contribution in [2.24, 2.45) is 0 Å². The molecule has 1 rings (SSSR count). The molecule has 3 N–H and O–H groups in total. The lowest BCUT2D eigenvalue weighted by Gasteiger charge is -2.30. The van der Waals surface area contributed by atoms with Gasteiger partial charge in [0.2, 0.25) is 10.0 Å². The van der Waals surface area contributed by atoms with E-state index in [0.717, 1.165) is 12.1 Å². The molecule has 0 saturated heterocycles. The SMILES string of the molecule is CCC(C)(CCO)Nc1ccc(S(=O)(=O)NC(C)C)cc1. The number of nitrogens with one attached hydrogen (secondary N) is 2. The molecule has 1 unspecified atom stereocenters. The summed E-state index contributed by atoms with van der Waals surface area (Å²) in [6.45, 7) is 7.77. The quantitative estimate of drug-likeness (QED) is 0.688. The van der Waals surface area contributed by atoms with Gasteiger partial charge < -0.3 is 10.4 Å². The molecule has 0 radical (unpaired) electrons. The van der Waals surface area contributed by atoms with Gasteiger partial charge in [0.25, 0.3) is 0 Å². The highest BCUT2D eigenvalue weighted by Crippen LogP contribution is 2.23. The summed E-state index contributed by atoms with van der Waals surface area (Å²) in [6, 6.07) is 6.53. The maximum atomic E-state index is 12.0. The van der Waals surface area contributed by atoms with Gasteiger partial charge >= 0.3 is 0 Å². The number of benzene rings is 1. The van der Waals surface area contributed by atoms with Crippen molar-refractivity contribution in [3.8, 4) is 0 Å². The van der Waals surface area contributed by atoms with Crippen molar-refractivity contribution in [3.63, 3.8) is 0 Å². The monoisotopic (exact) mass is 314 g/mol. The Balaban J connectivity index is 2.88. The molecular formula is C15H26N2O3S. The second-order valence-corrected chi connectivity index (χ2v) is 7.53. The van der Waals surface area contributed by atoms with Gasteiger partial charge in [0.15, 0.2) is 0 Å². The van der Waals surface area contributed by atoms with Crippen molar-refractivity contribution < 1.29 is 13.5 Å². The summed E-state index contributed by atoms with van der Waals surface area (Å²) in [5.74, 6) is 0. The summed E-state index contributed by atoms with van der Waals surface area (Å²) in [7, 11) is -3.45. The van der Waals surface area contributed by atoms with Crippen molar-refractivity contribution in [1.29, 1.82) is 0 Å². The van der Waals surface area contributed by atoms with Crippen molar-refractivity contribution in [2.45, 2.75) is 57.0 Å². The molecule has 120 valence electrons. The first kappa shape index (κ1) is 17.9. The van der Waals surface area contributed by atoms with Gasteiger partial charge in [-0.3, -0.25) is 0 Å². The van der Waals surface area contributed by atoms with E-state index in [0.29, 0.717) is 6.42 Å². The lowest BCUT2D eigenvalue weighted by molar-refractivity contribution is 0.252. The molecule has 1 aromatic carbocycles. The minimum atomic E-state index is -3.45. The fourth-order valence-corrected chi connectivity index (χ4v) is 3.27. The zero-order valence-electron chi connectivity index (χ0n) is 13.2. The molecule has 1 atom stereocenters. The van der Waals surface area contributed by atoms with E-state index in [-0.39, 0.29) is 23.1 Å². The van der Waals surface area contributed by atoms with Crippen molar-refractivity contribution in [1.82, 2.24) is 4.72 Å². The number of hydrogen-bond acceptors (Lipinski definition) is 4. The van der Waals surface area contributed by atoms with Crippen LogP contribution in [0.1, 0.15) is 40.5 Å². The Labute approximate surface area is 127 Å². The summed E-state index contributed by atoms with van der Waals surface area (Å²) in [5.41, 5.74) is 0.641. The molecular weight excluding hydrogens is 288 g/mol. The fraction of sp³-hybridized carbons (Fsp3) is 0.600. The Bertz CT molecular complexity index is 541. The molecule has 6 heteroatoms. The molecule has 0 aliphatic heterocycles. The molecule has 0 spiro atoms. The second-order valence-electron chi connectivity index (χ2n) is 5.81. The number of rotatable bonds is 8. The van der Waals surface area contributed by atoms with Crippen LogP contribution < -0.4 is 10.0 Å². The van der Waals surface area contributed by atoms with Gasteiger partial charge in [-0.25, -0.2) is 13.1 Å². The van der Waals surface area contributed by atoms with Crippen LogP contribution in [-0.4, -0.2) is 31.7 Å². The van der Waals surface area contributed by atoms with Crippen LogP contribution in [0.5, 0.6) is 0 Å². The smallest absolute Gasteiger partial charge is 0.240 e. The lowest BCUT2D eigenvalue weighted by atomic mass is 9.94. The molecule has 1 aromatic rings. The van der Waals surface area contributed by atoms with Crippen LogP contribution in [0, 0.1) is 0 Å². The normalized spacial score (nSPS) is 15.0. The highest BCUT2D eigenvalue weighted by molar-refractivity contribution is 7.89. The molecule has 0 amide bonds. The van der Waals surface area contributed by atoms with Crippen molar-refractivity contribution >= 4 is 15.7 Å². The number of anilines is 1. The van der Waals surface area contributed by atoms with Crippen LogP contribution in [0.2, 0.25) is 0 Å². The molecule has 0 heterocycles. The first-order valence-electron chi connectivity index (χ1n) is 7.24. The molecule has 5 nitrogen and oxygen atoms in total. The Hall–Kier alpha value is -1.11. The summed E-state index contributed by atoms with van der Waals surface area (Å²) in [6.07, 6.45) is 1.50. The maximum absolute atomic E-state index is 12.0. The first-order valence-corrected chi connectivity index (χ1v) is 8.72. The third-order valence-electron chi connectivity index (χ3n) is 3.45. The Morgan fingerprint density at radius 1 is 1.24 bits per heavy atom. The lowest BCUT2D eigenvalue weighted by Crippen LogP contribution is -2.35. The predicted octanol–water partition coefficient (Wildman–Crippen LogP) is 2.34. The molecule has 0 aliphatic carbocycles. The van der Waals surface area contributed by atoms with E-state index in [2.05, 4.69) is 10.0 Å². The zero-order chi connectivity index (χ0) is 16.1. The van der Waals surface area contributed by atoms with E-state index >= 15 is 0 Å². The van der Waals surface area contributed by atoms with Crippen LogP contribution in [0.15, 0.2) is 29.2 Å². The van der Waals surface area contributed by atoms with E-state index < -0.39 is 10.0 Å². The van der Waals surface area contributed by atoms with Crippen LogP contribution in [0.3, 0.4) is 0 Å². The average Bonchev–Trinajstić information content (AvgIpc) is 2.38. The summed E-state index contributed by atoms with van der Waals surface area (Å²) in [5, 5.41) is 12.5. The first-order chi connectivity index (χ1) is 9.72. The van der Waals surface area contributed by atoms with Gasteiger partial charge in [-0.2, -0.15) is 0 Å². The molecule has 0 bridgehead atoms. The van der Waals surface area contributed by atoms with Crippen LogP contribution in [-0.2, 0) is 10.0 Å². The zero-order valence-corrected chi connectivity index (χ0v) is 14.0. The number of sulfonamides is 1. The van der Waals surface area contributed by atoms with Gasteiger partial charge in [0.1, 0.15) is 0 Å². The van der Waals surface area contributed by atoms with Gasteiger partial charge in [0, 0.05) is 23.9 Å². The highest BCUT2D eigenvalue weighted by atomic mass is 32.2. The van der Waals surface area contributed by atoms with Gasteiger partial charge in [0.05, 0.1) is 4.90 Å². The van der Waals surface area contributed by atoms with E-state index in [1.807, 2.05) is 13.8 Å². The second kappa shape index (κ2) is 7.24. The number of aliphatic hydroxyl groups is 1. The standard InChI is InChI=1S/C15H26N2O3S/c1-5-15(4,10-11-18)16-13-6-8-14(9-7-13)21(19,20)17-12(2)3/h6-9,12,16-18H,5,10-11H2,1-4H3. The Morgan fingerprint density at radius 2 is 1.81 bits per heavy atom. The van der Waals surface area contributed by atoms with Crippen molar-refractivity contribution in [3.05, 3.63) is 24.3 Å². The molecule has 21 heavy (non-hydrogen) atoms. The number of aliphatic hydroxyl groups excluding tert-OH is 1. The van der Waals surface area contributed by atoms with E-state index in [9.17, 15) is 8.42 Å². The Morgan fingerprint density at radius 3 is 2.24 bits per heavy atom. The molecule has 0 aliphatic rings. The van der Waals surface area contributed by atoms with Gasteiger partial charge in [-0.05, 0) is 57.9 Å². The highest BCUT2D eigenvalue weighted by Gasteiger charge is 2.21. The molecule has 0 aromatic heterocycles. The van der Waals surface area contributed by atoms with E-state index in [1.165, 1.54) is 0 Å². The molecule has 0 fully saturated rings. The topological polar surface area (TPSA) is 78.4 Å². The summed E-state index contributed by atoms with van der Waals surface area (Å²) in [4.78, 5) is 0.252. The third kappa shape index (κ3) is 5.30. The maximum Gasteiger partial charge on any atom is 0.240 e. The van der Waals surface area contributed by atoms with Crippen LogP contribution in [0.25, 0.3) is 0 Å². The van der Waals surface area contributed by atoms with E-state index in [4.69, 9.17) is 5.11 Å². The number of hydrogen-bond donors (Lipinski definition) is 3. The average molecular weight is 314 g/mol. The molecule has 0 saturated carbocycles. The largest absolute Gasteiger partial charge is 0.396 e. The predicted molar refractivity (Wildman–Crippen MR) is 85.9 cm³/mol. The van der Waals surface area contributed by atoms with E-state index in [1.54, 1.807) is 38.1 Å². The summed E-state index contributed by atoms with van der Waals surface area (Å²) >= 11 is 0. The summed E-state index contributed by atoms with van der Waals surface area (Å²) < 4.78 is 26.6.